The van der Waals surface area contributed by atoms with E-state index in [0.717, 1.165) is 25.4 Å². The van der Waals surface area contributed by atoms with Crippen molar-refractivity contribution in [3.05, 3.63) is 0 Å². The molecular formula is C16H26O3. The maximum Gasteiger partial charge on any atom is 0.136 e. The van der Waals surface area contributed by atoms with E-state index in [9.17, 15) is 0 Å². The zero-order chi connectivity index (χ0) is 13.3. The molecule has 108 valence electrons. The minimum Gasteiger partial charge on any atom is -0.375 e. The third kappa shape index (κ3) is 1.55. The summed E-state index contributed by atoms with van der Waals surface area (Å²) >= 11 is 0. The van der Waals surface area contributed by atoms with Gasteiger partial charge >= 0.3 is 0 Å². The van der Waals surface area contributed by atoms with Gasteiger partial charge in [0, 0.05) is 6.42 Å². The summed E-state index contributed by atoms with van der Waals surface area (Å²) in [5.41, 5.74) is -0.274. The summed E-state index contributed by atoms with van der Waals surface area (Å²) < 4.78 is 6.24. The quantitative estimate of drug-likeness (QED) is 0.629. The summed E-state index contributed by atoms with van der Waals surface area (Å²) in [4.78, 5) is 12.1. The van der Waals surface area contributed by atoms with E-state index in [-0.39, 0.29) is 17.3 Å². The lowest BCUT2D eigenvalue weighted by atomic mass is 9.57. The Morgan fingerprint density at radius 1 is 0.947 bits per heavy atom. The fourth-order valence-corrected chi connectivity index (χ4v) is 5.42. The van der Waals surface area contributed by atoms with Crippen LogP contribution in [0.1, 0.15) is 52.9 Å². The van der Waals surface area contributed by atoms with Crippen LogP contribution in [0.5, 0.6) is 0 Å². The van der Waals surface area contributed by atoms with Gasteiger partial charge in [0.15, 0.2) is 0 Å². The van der Waals surface area contributed by atoms with Crippen LogP contribution >= 0.6 is 0 Å². The molecule has 5 rings (SSSR count). The Balaban J connectivity index is 1.81. The van der Waals surface area contributed by atoms with E-state index in [4.69, 9.17) is 14.5 Å². The minimum absolute atomic E-state index is 0.127. The van der Waals surface area contributed by atoms with Gasteiger partial charge in [-0.3, -0.25) is 0 Å². The van der Waals surface area contributed by atoms with Crippen LogP contribution < -0.4 is 0 Å². The lowest BCUT2D eigenvalue weighted by Crippen LogP contribution is -2.67. The third-order valence-electron chi connectivity index (χ3n) is 6.52. The first kappa shape index (κ1) is 12.6. The van der Waals surface area contributed by atoms with E-state index < -0.39 is 0 Å². The van der Waals surface area contributed by atoms with Crippen molar-refractivity contribution in [1.29, 1.82) is 0 Å². The van der Waals surface area contributed by atoms with E-state index in [0.29, 0.717) is 17.8 Å². The van der Waals surface area contributed by atoms with Gasteiger partial charge in [0.25, 0.3) is 0 Å². The Bertz CT molecular complexity index is 384. The van der Waals surface area contributed by atoms with Crippen LogP contribution in [0, 0.1) is 23.7 Å². The van der Waals surface area contributed by atoms with Gasteiger partial charge in [-0.2, -0.15) is 0 Å². The van der Waals surface area contributed by atoms with Crippen LogP contribution in [0.4, 0.5) is 0 Å². The predicted molar refractivity (Wildman–Crippen MR) is 71.4 cm³/mol. The highest BCUT2D eigenvalue weighted by atomic mass is 17.2. The molecule has 5 fully saturated rings. The van der Waals surface area contributed by atoms with Crippen LogP contribution in [0.2, 0.25) is 0 Å². The Morgan fingerprint density at radius 3 is 2.58 bits per heavy atom. The van der Waals surface area contributed by atoms with Crippen LogP contribution in [0.25, 0.3) is 0 Å². The standard InChI is InChI=1S/C16H26O3/c1-10-4-5-12-11(2)9-17-14-8-15(3)7-6-13(10)16(12,14)19-18-15/h10-14H,4-9H2,1-3H3/t10-,11+,12+,13+,14-,15?,16-/m1/s1. The van der Waals surface area contributed by atoms with E-state index in [1.807, 2.05) is 0 Å². The molecule has 0 aromatic carbocycles. The predicted octanol–water partition coefficient (Wildman–Crippen LogP) is 3.33. The lowest BCUT2D eigenvalue weighted by Gasteiger charge is -2.59. The highest BCUT2D eigenvalue weighted by Crippen LogP contribution is 2.60. The molecule has 7 atom stereocenters. The molecular weight excluding hydrogens is 240 g/mol. The molecule has 5 aliphatic rings. The van der Waals surface area contributed by atoms with Gasteiger partial charge < -0.3 is 4.74 Å². The summed E-state index contributed by atoms with van der Waals surface area (Å²) in [6.45, 7) is 7.82. The highest BCUT2D eigenvalue weighted by molar-refractivity contribution is 5.12. The third-order valence-corrected chi connectivity index (χ3v) is 6.52. The minimum atomic E-state index is -0.147. The summed E-state index contributed by atoms with van der Waals surface area (Å²) in [5, 5.41) is 0. The summed E-state index contributed by atoms with van der Waals surface area (Å²) in [5.74, 6) is 2.56. The second-order valence-electron chi connectivity index (χ2n) is 7.78. The monoisotopic (exact) mass is 266 g/mol. The molecule has 1 spiro atoms. The van der Waals surface area contributed by atoms with Crippen molar-refractivity contribution in [3.63, 3.8) is 0 Å². The zero-order valence-electron chi connectivity index (χ0n) is 12.4. The van der Waals surface area contributed by atoms with Crippen LogP contribution in [-0.2, 0) is 14.5 Å². The van der Waals surface area contributed by atoms with Crippen molar-refractivity contribution in [2.45, 2.75) is 70.2 Å². The Labute approximate surface area is 115 Å². The first-order valence-corrected chi connectivity index (χ1v) is 8.04. The Morgan fingerprint density at radius 2 is 1.74 bits per heavy atom. The van der Waals surface area contributed by atoms with Crippen molar-refractivity contribution in [3.8, 4) is 0 Å². The SMILES string of the molecule is C[C@@H]1CC[C@H]2[C@@H](C)CO[C@@H]3CC4(C)CC[C@@H]1[C@@]32OO4. The van der Waals surface area contributed by atoms with Gasteiger partial charge in [-0.25, -0.2) is 9.78 Å². The Hall–Kier alpha value is -0.120. The molecule has 0 radical (unpaired) electrons. The first-order valence-electron chi connectivity index (χ1n) is 8.04. The van der Waals surface area contributed by atoms with E-state index >= 15 is 0 Å². The molecule has 0 N–H and O–H groups in total. The summed E-state index contributed by atoms with van der Waals surface area (Å²) in [6, 6.07) is 0. The smallest absolute Gasteiger partial charge is 0.136 e. The first-order chi connectivity index (χ1) is 9.05. The molecule has 3 nitrogen and oxygen atoms in total. The fourth-order valence-electron chi connectivity index (χ4n) is 5.42. The molecule has 2 aliphatic carbocycles. The molecule has 19 heavy (non-hydrogen) atoms. The number of ether oxygens (including phenoxy) is 1. The normalized spacial score (nSPS) is 60.5. The van der Waals surface area contributed by atoms with Gasteiger partial charge in [-0.05, 0) is 56.3 Å². The number of hydrogen-bond acceptors (Lipinski definition) is 3. The number of hydrogen-bond donors (Lipinski definition) is 0. The molecule has 2 saturated carbocycles. The van der Waals surface area contributed by atoms with Gasteiger partial charge in [-0.1, -0.05) is 13.8 Å². The lowest BCUT2D eigenvalue weighted by molar-refractivity contribution is -0.483. The Kier molecular flexibility index (Phi) is 2.63. The van der Waals surface area contributed by atoms with Crippen molar-refractivity contribution in [2.24, 2.45) is 23.7 Å². The molecule has 3 saturated heterocycles. The largest absolute Gasteiger partial charge is 0.375 e. The second-order valence-corrected chi connectivity index (χ2v) is 7.78. The molecule has 2 bridgehead atoms. The van der Waals surface area contributed by atoms with Crippen LogP contribution in [-0.4, -0.2) is 23.9 Å². The van der Waals surface area contributed by atoms with Gasteiger partial charge in [0.1, 0.15) is 11.2 Å². The highest BCUT2D eigenvalue weighted by Gasteiger charge is 2.66. The number of fused-ring (bicyclic) bond motifs is 2. The topological polar surface area (TPSA) is 27.7 Å². The van der Waals surface area contributed by atoms with E-state index in [2.05, 4.69) is 20.8 Å². The van der Waals surface area contributed by atoms with E-state index in [1.54, 1.807) is 0 Å². The second kappa shape index (κ2) is 3.96. The van der Waals surface area contributed by atoms with Crippen LogP contribution in [0.3, 0.4) is 0 Å². The van der Waals surface area contributed by atoms with Gasteiger partial charge in [-0.15, -0.1) is 0 Å². The molecule has 3 aliphatic heterocycles. The summed E-state index contributed by atoms with van der Waals surface area (Å²) in [6.07, 6.45) is 6.24. The van der Waals surface area contributed by atoms with Crippen molar-refractivity contribution in [1.82, 2.24) is 0 Å². The fraction of sp³-hybridized carbons (Fsp3) is 1.00. The van der Waals surface area contributed by atoms with Crippen molar-refractivity contribution in [2.75, 3.05) is 6.61 Å². The van der Waals surface area contributed by atoms with Crippen molar-refractivity contribution < 1.29 is 14.5 Å². The van der Waals surface area contributed by atoms with Gasteiger partial charge in [0.2, 0.25) is 0 Å². The van der Waals surface area contributed by atoms with Gasteiger partial charge in [0.05, 0.1) is 12.7 Å². The molecule has 0 amide bonds. The molecule has 0 aromatic rings. The van der Waals surface area contributed by atoms with E-state index in [1.165, 1.54) is 19.3 Å². The zero-order valence-corrected chi connectivity index (χ0v) is 12.4. The molecule has 1 unspecified atom stereocenters. The molecule has 3 heteroatoms. The maximum atomic E-state index is 6.24. The maximum absolute atomic E-state index is 6.24. The molecule has 0 aromatic heterocycles. The van der Waals surface area contributed by atoms with Crippen LogP contribution in [0.15, 0.2) is 0 Å². The summed E-state index contributed by atoms with van der Waals surface area (Å²) in [7, 11) is 0. The van der Waals surface area contributed by atoms with Crippen molar-refractivity contribution >= 4 is 0 Å². The molecule has 3 heterocycles. The number of rotatable bonds is 0. The average Bonchev–Trinajstić information content (AvgIpc) is 2.61. The average molecular weight is 266 g/mol.